The van der Waals surface area contributed by atoms with Gasteiger partial charge in [-0.1, -0.05) is 13.8 Å². The highest BCUT2D eigenvalue weighted by molar-refractivity contribution is 5.44. The molecule has 0 unspecified atom stereocenters. The van der Waals surface area contributed by atoms with E-state index in [0.29, 0.717) is 36.0 Å². The van der Waals surface area contributed by atoms with Gasteiger partial charge in [0.2, 0.25) is 0 Å². The number of alkyl halides is 3. The average Bonchev–Trinajstić information content (AvgIpc) is 2.85. The fourth-order valence-corrected chi connectivity index (χ4v) is 1.77. The predicted molar refractivity (Wildman–Crippen MR) is 74.5 cm³/mol. The highest BCUT2D eigenvalue weighted by Crippen LogP contribution is 2.27. The van der Waals surface area contributed by atoms with Crippen molar-refractivity contribution in [3.05, 3.63) is 18.0 Å². The van der Waals surface area contributed by atoms with Crippen molar-refractivity contribution in [2.24, 2.45) is 5.92 Å². The number of rotatable bonds is 7. The third-order valence-corrected chi connectivity index (χ3v) is 2.74. The fourth-order valence-electron chi connectivity index (χ4n) is 1.77. The molecule has 0 saturated heterocycles. The first kappa shape index (κ1) is 16.5. The lowest BCUT2D eigenvalue weighted by Crippen LogP contribution is -2.14. The van der Waals surface area contributed by atoms with Gasteiger partial charge in [-0.3, -0.25) is 0 Å². The number of ether oxygens (including phenoxy) is 1. The summed E-state index contributed by atoms with van der Waals surface area (Å²) in [6.45, 7) is 5.97. The molecule has 2 aromatic heterocycles. The first-order valence-electron chi connectivity index (χ1n) is 6.99. The summed E-state index contributed by atoms with van der Waals surface area (Å²) in [7, 11) is 0. The standard InChI is InChI=1S/C13H18F3N5O/c1-9(2)8-22-7-3-6-17-10-4-5-11-18-19-12(13(14,15)16)21(11)20-10/h4-5,9H,3,6-8H2,1-2H3,(H,17,20). The molecule has 0 amide bonds. The fraction of sp³-hybridized carbons (Fsp3) is 0.615. The Bertz CT molecular complexity index is 611. The van der Waals surface area contributed by atoms with Crippen LogP contribution in [0.25, 0.3) is 5.65 Å². The largest absolute Gasteiger partial charge is 0.453 e. The number of fused-ring (bicyclic) bond motifs is 1. The van der Waals surface area contributed by atoms with Crippen LogP contribution in [0.2, 0.25) is 0 Å². The van der Waals surface area contributed by atoms with Crippen molar-refractivity contribution in [2.45, 2.75) is 26.4 Å². The molecule has 0 aliphatic carbocycles. The van der Waals surface area contributed by atoms with E-state index >= 15 is 0 Å². The highest BCUT2D eigenvalue weighted by atomic mass is 19.4. The van der Waals surface area contributed by atoms with Gasteiger partial charge in [0, 0.05) is 19.8 Å². The first-order valence-corrected chi connectivity index (χ1v) is 6.99. The average molecular weight is 317 g/mol. The van der Waals surface area contributed by atoms with Gasteiger partial charge in [0.15, 0.2) is 5.65 Å². The number of halogens is 3. The van der Waals surface area contributed by atoms with Crippen molar-refractivity contribution in [1.29, 1.82) is 0 Å². The second-order valence-corrected chi connectivity index (χ2v) is 5.26. The van der Waals surface area contributed by atoms with E-state index in [2.05, 4.69) is 34.5 Å². The molecule has 122 valence electrons. The van der Waals surface area contributed by atoms with E-state index in [1.165, 1.54) is 6.07 Å². The minimum atomic E-state index is -4.59. The molecular weight excluding hydrogens is 299 g/mol. The molecule has 0 radical (unpaired) electrons. The summed E-state index contributed by atoms with van der Waals surface area (Å²) in [5.74, 6) is -0.320. The van der Waals surface area contributed by atoms with Crippen LogP contribution in [-0.4, -0.2) is 39.6 Å². The topological polar surface area (TPSA) is 64.3 Å². The lowest BCUT2D eigenvalue weighted by atomic mass is 10.2. The van der Waals surface area contributed by atoms with Crippen LogP contribution in [0.1, 0.15) is 26.1 Å². The maximum Gasteiger partial charge on any atom is 0.453 e. The lowest BCUT2D eigenvalue weighted by Gasteiger charge is -2.08. The van der Waals surface area contributed by atoms with Gasteiger partial charge in [0.05, 0.1) is 0 Å². The number of aromatic nitrogens is 4. The van der Waals surface area contributed by atoms with Crippen LogP contribution >= 0.6 is 0 Å². The van der Waals surface area contributed by atoms with Crippen molar-refractivity contribution < 1.29 is 17.9 Å². The van der Waals surface area contributed by atoms with Gasteiger partial charge in [-0.25, -0.2) is 0 Å². The smallest absolute Gasteiger partial charge is 0.381 e. The summed E-state index contributed by atoms with van der Waals surface area (Å²) in [5.41, 5.74) is 0.0538. The normalized spacial score (nSPS) is 12.3. The zero-order chi connectivity index (χ0) is 16.2. The van der Waals surface area contributed by atoms with Crippen LogP contribution in [0.15, 0.2) is 12.1 Å². The molecule has 9 heteroatoms. The molecule has 1 N–H and O–H groups in total. The van der Waals surface area contributed by atoms with Gasteiger partial charge in [-0.05, 0) is 24.5 Å². The van der Waals surface area contributed by atoms with Crippen LogP contribution in [0.5, 0.6) is 0 Å². The van der Waals surface area contributed by atoms with Crippen LogP contribution in [0, 0.1) is 5.92 Å². The van der Waals surface area contributed by atoms with E-state index in [0.717, 1.165) is 6.42 Å². The molecule has 0 atom stereocenters. The maximum atomic E-state index is 12.7. The minimum absolute atomic E-state index is 0.0538. The number of hydrogen-bond donors (Lipinski definition) is 1. The van der Waals surface area contributed by atoms with Gasteiger partial charge in [0.1, 0.15) is 5.82 Å². The van der Waals surface area contributed by atoms with Crippen LogP contribution in [0.4, 0.5) is 19.0 Å². The predicted octanol–water partition coefficient (Wildman–Crippen LogP) is 2.62. The molecular formula is C13H18F3N5O. The first-order chi connectivity index (χ1) is 10.4. The van der Waals surface area contributed by atoms with Gasteiger partial charge in [-0.2, -0.15) is 17.7 Å². The van der Waals surface area contributed by atoms with Crippen molar-refractivity contribution in [1.82, 2.24) is 19.8 Å². The summed E-state index contributed by atoms with van der Waals surface area (Å²) >= 11 is 0. The maximum absolute atomic E-state index is 12.7. The lowest BCUT2D eigenvalue weighted by molar-refractivity contribution is -0.146. The Labute approximate surface area is 125 Å². The Balaban J connectivity index is 1.92. The third-order valence-electron chi connectivity index (χ3n) is 2.74. The molecule has 0 bridgehead atoms. The summed E-state index contributed by atoms with van der Waals surface area (Å²) < 4.78 is 44.3. The number of anilines is 1. The number of nitrogens with zero attached hydrogens (tertiary/aromatic N) is 4. The summed E-state index contributed by atoms with van der Waals surface area (Å²) in [5, 5.41) is 13.4. The monoisotopic (exact) mass is 317 g/mol. The number of hydrogen-bond acceptors (Lipinski definition) is 5. The SMILES string of the molecule is CC(C)COCCCNc1ccc2nnc(C(F)(F)F)n2n1. The summed E-state index contributed by atoms with van der Waals surface area (Å²) in [4.78, 5) is 0. The molecule has 22 heavy (non-hydrogen) atoms. The van der Waals surface area contributed by atoms with E-state index in [-0.39, 0.29) is 5.65 Å². The molecule has 0 spiro atoms. The van der Waals surface area contributed by atoms with E-state index in [9.17, 15) is 13.2 Å². The summed E-state index contributed by atoms with van der Waals surface area (Å²) in [6, 6.07) is 3.01. The van der Waals surface area contributed by atoms with Crippen molar-refractivity contribution in [3.63, 3.8) is 0 Å². The second-order valence-electron chi connectivity index (χ2n) is 5.26. The van der Waals surface area contributed by atoms with Crippen LogP contribution in [-0.2, 0) is 10.9 Å². The molecule has 0 saturated carbocycles. The summed E-state index contributed by atoms with van der Waals surface area (Å²) in [6.07, 6.45) is -3.85. The second kappa shape index (κ2) is 6.91. The Morgan fingerprint density at radius 3 is 2.73 bits per heavy atom. The van der Waals surface area contributed by atoms with Gasteiger partial charge < -0.3 is 10.1 Å². The van der Waals surface area contributed by atoms with Gasteiger partial charge in [0.25, 0.3) is 5.82 Å². The van der Waals surface area contributed by atoms with E-state index in [1.807, 2.05) is 0 Å². The zero-order valence-corrected chi connectivity index (χ0v) is 12.4. The van der Waals surface area contributed by atoms with Gasteiger partial charge >= 0.3 is 6.18 Å². The third kappa shape index (κ3) is 4.30. The number of nitrogens with one attached hydrogen (secondary N) is 1. The minimum Gasteiger partial charge on any atom is -0.381 e. The van der Waals surface area contributed by atoms with E-state index in [1.54, 1.807) is 6.07 Å². The molecule has 2 aromatic rings. The van der Waals surface area contributed by atoms with Crippen molar-refractivity contribution in [3.8, 4) is 0 Å². The molecule has 0 aliphatic rings. The molecule has 0 aliphatic heterocycles. The van der Waals surface area contributed by atoms with Crippen LogP contribution in [0.3, 0.4) is 0 Å². The molecule has 2 rings (SSSR count). The quantitative estimate of drug-likeness (QED) is 0.795. The molecule has 0 aromatic carbocycles. The Hall–Kier alpha value is -1.90. The Kier molecular flexibility index (Phi) is 5.17. The van der Waals surface area contributed by atoms with Crippen LogP contribution < -0.4 is 5.32 Å². The zero-order valence-electron chi connectivity index (χ0n) is 12.4. The van der Waals surface area contributed by atoms with E-state index < -0.39 is 12.0 Å². The molecule has 6 nitrogen and oxygen atoms in total. The highest BCUT2D eigenvalue weighted by Gasteiger charge is 2.37. The molecule has 2 heterocycles. The van der Waals surface area contributed by atoms with Crippen molar-refractivity contribution >= 4 is 11.5 Å². The Morgan fingerprint density at radius 1 is 1.27 bits per heavy atom. The van der Waals surface area contributed by atoms with Gasteiger partial charge in [-0.15, -0.1) is 15.3 Å². The van der Waals surface area contributed by atoms with E-state index in [4.69, 9.17) is 4.74 Å². The Morgan fingerprint density at radius 2 is 2.05 bits per heavy atom. The van der Waals surface area contributed by atoms with Crippen molar-refractivity contribution in [2.75, 3.05) is 25.1 Å². The molecule has 0 fully saturated rings.